The maximum atomic E-state index is 14.2. The van der Waals surface area contributed by atoms with Crippen molar-refractivity contribution in [2.45, 2.75) is 19.8 Å². The Morgan fingerprint density at radius 2 is 2.04 bits per heavy atom. The normalized spacial score (nSPS) is 23.4. The first kappa shape index (κ1) is 15.5. The molecule has 0 radical (unpaired) electrons. The lowest BCUT2D eigenvalue weighted by Gasteiger charge is -2.20. The van der Waals surface area contributed by atoms with Gasteiger partial charge in [0.05, 0.1) is 11.5 Å². The molecule has 1 aromatic carbocycles. The summed E-state index contributed by atoms with van der Waals surface area (Å²) < 4.78 is 14.2. The Kier molecular flexibility index (Phi) is 3.79. The number of aliphatic carboxylic acids is 1. The summed E-state index contributed by atoms with van der Waals surface area (Å²) in [6, 6.07) is 2.62. The van der Waals surface area contributed by atoms with E-state index in [4.69, 9.17) is 5.11 Å². The van der Waals surface area contributed by atoms with E-state index in [9.17, 15) is 18.8 Å². The van der Waals surface area contributed by atoms with Crippen LogP contribution in [0, 0.1) is 17.7 Å². The van der Waals surface area contributed by atoms with Crippen molar-refractivity contribution in [3.63, 3.8) is 0 Å². The molecule has 1 saturated heterocycles. The number of nitrogens with zero attached hydrogens (tertiary/aromatic N) is 1. The number of carboxylic acids is 1. The van der Waals surface area contributed by atoms with Gasteiger partial charge in [0.15, 0.2) is 0 Å². The van der Waals surface area contributed by atoms with Crippen LogP contribution in [0.2, 0.25) is 0 Å². The lowest BCUT2D eigenvalue weighted by atomic mass is 9.99. The van der Waals surface area contributed by atoms with Crippen molar-refractivity contribution < 1.29 is 23.9 Å². The van der Waals surface area contributed by atoms with Crippen LogP contribution in [0.5, 0.6) is 0 Å². The highest BCUT2D eigenvalue weighted by atomic mass is 19.1. The molecule has 0 saturated carbocycles. The summed E-state index contributed by atoms with van der Waals surface area (Å²) >= 11 is 0. The molecule has 0 bridgehead atoms. The molecule has 122 valence electrons. The highest BCUT2D eigenvalue weighted by Crippen LogP contribution is 2.29. The van der Waals surface area contributed by atoms with E-state index in [1.54, 1.807) is 6.92 Å². The summed E-state index contributed by atoms with van der Waals surface area (Å²) in [5.74, 6) is -3.12. The monoisotopic (exact) mass is 320 g/mol. The number of rotatable bonds is 2. The van der Waals surface area contributed by atoms with Crippen LogP contribution in [0.3, 0.4) is 0 Å². The Morgan fingerprint density at radius 3 is 2.70 bits per heavy atom. The van der Waals surface area contributed by atoms with E-state index in [-0.39, 0.29) is 23.9 Å². The molecule has 2 aliphatic rings. The number of halogens is 1. The fourth-order valence-electron chi connectivity index (χ4n) is 3.19. The first-order valence-corrected chi connectivity index (χ1v) is 7.51. The number of fused-ring (bicyclic) bond motifs is 1. The van der Waals surface area contributed by atoms with Gasteiger partial charge in [0, 0.05) is 25.2 Å². The second-order valence-electron chi connectivity index (χ2n) is 6.17. The predicted octanol–water partition coefficient (Wildman–Crippen LogP) is 1.50. The molecule has 0 aliphatic carbocycles. The van der Waals surface area contributed by atoms with Gasteiger partial charge < -0.3 is 15.3 Å². The van der Waals surface area contributed by atoms with Gasteiger partial charge in [0.25, 0.3) is 5.91 Å². The fraction of sp³-hybridized carbons (Fsp3) is 0.438. The Bertz CT molecular complexity index is 704. The van der Waals surface area contributed by atoms with Crippen molar-refractivity contribution in [2.24, 2.45) is 11.8 Å². The maximum Gasteiger partial charge on any atom is 0.308 e. The molecule has 0 spiro atoms. The molecule has 0 unspecified atom stereocenters. The number of carbonyl (C=O) groups is 3. The Morgan fingerprint density at radius 1 is 1.30 bits per heavy atom. The van der Waals surface area contributed by atoms with E-state index >= 15 is 0 Å². The third-order valence-electron chi connectivity index (χ3n) is 4.54. The number of anilines is 1. The summed E-state index contributed by atoms with van der Waals surface area (Å²) in [6.07, 6.45) is 0.754. The summed E-state index contributed by atoms with van der Waals surface area (Å²) in [5, 5.41) is 11.7. The van der Waals surface area contributed by atoms with E-state index in [1.165, 1.54) is 11.0 Å². The summed E-state index contributed by atoms with van der Waals surface area (Å²) in [4.78, 5) is 36.4. The summed E-state index contributed by atoms with van der Waals surface area (Å²) in [6.45, 7) is 2.15. The average molecular weight is 320 g/mol. The van der Waals surface area contributed by atoms with Gasteiger partial charge in [-0.05, 0) is 30.0 Å². The number of nitrogens with one attached hydrogen (secondary N) is 1. The van der Waals surface area contributed by atoms with Crippen molar-refractivity contribution in [3.8, 4) is 0 Å². The quantitative estimate of drug-likeness (QED) is 0.864. The van der Waals surface area contributed by atoms with Crippen LogP contribution in [0.15, 0.2) is 12.1 Å². The van der Waals surface area contributed by atoms with Crippen molar-refractivity contribution in [3.05, 3.63) is 29.1 Å². The second-order valence-corrected chi connectivity index (χ2v) is 6.17. The summed E-state index contributed by atoms with van der Waals surface area (Å²) in [7, 11) is 0. The Hall–Kier alpha value is -2.44. The standard InChI is InChI=1S/C16H17FN2O4/c1-8-6-19(7-11(8)16(22)23)15(21)10-4-9-2-3-14(20)18-13(9)5-12(10)17/h4-5,8,11H,2-3,6-7H2,1H3,(H,18,20)(H,22,23)/t8-,11-/m1/s1. The molecule has 0 aromatic heterocycles. The van der Waals surface area contributed by atoms with Gasteiger partial charge in [0.1, 0.15) is 5.82 Å². The Balaban J connectivity index is 1.86. The molecule has 2 amide bonds. The van der Waals surface area contributed by atoms with Gasteiger partial charge in [-0.25, -0.2) is 4.39 Å². The first-order valence-electron chi connectivity index (χ1n) is 7.51. The molecule has 1 aromatic rings. The number of carbonyl (C=O) groups excluding carboxylic acids is 2. The lowest BCUT2D eigenvalue weighted by molar-refractivity contribution is -0.142. The minimum Gasteiger partial charge on any atom is -0.481 e. The topological polar surface area (TPSA) is 86.7 Å². The van der Waals surface area contributed by atoms with Crippen molar-refractivity contribution in [1.82, 2.24) is 4.90 Å². The van der Waals surface area contributed by atoms with E-state index in [2.05, 4.69) is 5.32 Å². The second kappa shape index (κ2) is 5.64. The van der Waals surface area contributed by atoms with Crippen molar-refractivity contribution in [2.75, 3.05) is 18.4 Å². The molecule has 1 fully saturated rings. The summed E-state index contributed by atoms with van der Waals surface area (Å²) in [5.41, 5.74) is 1.04. The first-order chi connectivity index (χ1) is 10.9. The lowest BCUT2D eigenvalue weighted by Crippen LogP contribution is -2.31. The van der Waals surface area contributed by atoms with Crippen LogP contribution >= 0.6 is 0 Å². The molecule has 2 atom stereocenters. The van der Waals surface area contributed by atoms with Gasteiger partial charge in [0.2, 0.25) is 5.91 Å². The highest BCUT2D eigenvalue weighted by Gasteiger charge is 2.38. The number of aryl methyl sites for hydroxylation is 1. The molecule has 2 heterocycles. The average Bonchev–Trinajstić information content (AvgIpc) is 2.88. The molecular weight excluding hydrogens is 303 g/mol. The smallest absolute Gasteiger partial charge is 0.308 e. The number of benzene rings is 1. The minimum absolute atomic E-state index is 0.0712. The number of hydrogen-bond donors (Lipinski definition) is 2. The van der Waals surface area contributed by atoms with Gasteiger partial charge in [-0.1, -0.05) is 6.92 Å². The number of likely N-dealkylation sites (tertiary alicyclic amines) is 1. The molecule has 7 heteroatoms. The van der Waals surface area contributed by atoms with E-state index < -0.39 is 23.6 Å². The minimum atomic E-state index is -0.943. The molecule has 6 nitrogen and oxygen atoms in total. The van der Waals surface area contributed by atoms with E-state index in [0.717, 1.165) is 11.6 Å². The van der Waals surface area contributed by atoms with Crippen molar-refractivity contribution in [1.29, 1.82) is 0 Å². The SMILES string of the molecule is C[C@@H]1CN(C(=O)c2cc3c(cc2F)NC(=O)CC3)C[C@H]1C(=O)O. The number of hydrogen-bond acceptors (Lipinski definition) is 3. The third-order valence-corrected chi connectivity index (χ3v) is 4.54. The number of carboxylic acid groups (broad SMARTS) is 1. The maximum absolute atomic E-state index is 14.2. The molecular formula is C16H17FN2O4. The van der Waals surface area contributed by atoms with Crippen LogP contribution in [0.25, 0.3) is 0 Å². The predicted molar refractivity (Wildman–Crippen MR) is 79.5 cm³/mol. The van der Waals surface area contributed by atoms with Crippen LogP contribution in [-0.4, -0.2) is 40.9 Å². The van der Waals surface area contributed by atoms with Crippen LogP contribution in [0.1, 0.15) is 29.3 Å². The van der Waals surface area contributed by atoms with Gasteiger partial charge >= 0.3 is 5.97 Å². The van der Waals surface area contributed by atoms with E-state index in [0.29, 0.717) is 25.1 Å². The Labute approximate surface area is 132 Å². The molecule has 23 heavy (non-hydrogen) atoms. The molecule has 3 rings (SSSR count). The fourth-order valence-corrected chi connectivity index (χ4v) is 3.19. The molecule has 2 aliphatic heterocycles. The zero-order chi connectivity index (χ0) is 16.7. The van der Waals surface area contributed by atoms with Crippen LogP contribution < -0.4 is 5.32 Å². The third kappa shape index (κ3) is 2.78. The highest BCUT2D eigenvalue weighted by molar-refractivity contribution is 5.98. The van der Waals surface area contributed by atoms with Gasteiger partial charge in [-0.15, -0.1) is 0 Å². The number of amides is 2. The van der Waals surface area contributed by atoms with Crippen LogP contribution in [-0.2, 0) is 16.0 Å². The zero-order valence-electron chi connectivity index (χ0n) is 12.6. The largest absolute Gasteiger partial charge is 0.481 e. The molecule has 2 N–H and O–H groups in total. The van der Waals surface area contributed by atoms with Gasteiger partial charge in [-0.3, -0.25) is 14.4 Å². The van der Waals surface area contributed by atoms with Gasteiger partial charge in [-0.2, -0.15) is 0 Å². The van der Waals surface area contributed by atoms with Crippen molar-refractivity contribution >= 4 is 23.5 Å². The van der Waals surface area contributed by atoms with Crippen LogP contribution in [0.4, 0.5) is 10.1 Å². The zero-order valence-corrected chi connectivity index (χ0v) is 12.6. The van der Waals surface area contributed by atoms with E-state index in [1.807, 2.05) is 0 Å².